The number of nitrogens with zero attached hydrogens (tertiary/aromatic N) is 3. The van der Waals surface area contributed by atoms with Crippen molar-refractivity contribution < 1.29 is 4.92 Å². The van der Waals surface area contributed by atoms with Gasteiger partial charge in [-0.15, -0.1) is 24.0 Å². The fraction of sp³-hybridized carbons (Fsp3) is 0.611. The molecule has 3 rings (SSSR count). The first-order valence-electron chi connectivity index (χ1n) is 9.10. The Balaban J connectivity index is 0.00000243. The fourth-order valence-corrected chi connectivity index (χ4v) is 3.53. The standard InChI is InChI=1S/C18H27N5O2.HI/c1-3-19-18(20-11-14-5-4-6-17(10-14)23(24)25)21-15-9-13(2)22(12-15)16-7-8-16;/h4-6,10,13,15-16H,3,7-9,11-12H2,1-2H3,(H2,19,20,21);1H. The average molecular weight is 473 g/mol. The van der Waals surface area contributed by atoms with E-state index in [2.05, 4.69) is 27.4 Å². The van der Waals surface area contributed by atoms with Crippen molar-refractivity contribution in [3.8, 4) is 0 Å². The van der Waals surface area contributed by atoms with Gasteiger partial charge in [0.05, 0.1) is 11.5 Å². The maximum atomic E-state index is 10.9. The van der Waals surface area contributed by atoms with Gasteiger partial charge in [0.2, 0.25) is 0 Å². The maximum absolute atomic E-state index is 10.9. The van der Waals surface area contributed by atoms with E-state index in [-0.39, 0.29) is 34.6 Å². The van der Waals surface area contributed by atoms with Crippen LogP contribution in [0.5, 0.6) is 0 Å². The number of halogens is 1. The highest BCUT2D eigenvalue weighted by molar-refractivity contribution is 14.0. The van der Waals surface area contributed by atoms with Crippen molar-refractivity contribution in [2.75, 3.05) is 13.1 Å². The van der Waals surface area contributed by atoms with Crippen LogP contribution in [0.25, 0.3) is 0 Å². The minimum Gasteiger partial charge on any atom is -0.357 e. The molecule has 8 heteroatoms. The molecule has 0 bridgehead atoms. The van der Waals surface area contributed by atoms with Gasteiger partial charge in [-0.2, -0.15) is 0 Å². The molecule has 1 aromatic carbocycles. The third-order valence-corrected chi connectivity index (χ3v) is 4.87. The van der Waals surface area contributed by atoms with Crippen LogP contribution in [0.3, 0.4) is 0 Å². The second-order valence-electron chi connectivity index (χ2n) is 6.98. The van der Waals surface area contributed by atoms with Crippen LogP contribution in [0.15, 0.2) is 29.3 Å². The summed E-state index contributed by atoms with van der Waals surface area (Å²) in [6.07, 6.45) is 3.79. The zero-order valence-corrected chi connectivity index (χ0v) is 17.7. The van der Waals surface area contributed by atoms with Gasteiger partial charge in [0.15, 0.2) is 5.96 Å². The Bertz CT molecular complexity index is 650. The molecule has 1 aliphatic heterocycles. The number of hydrogen-bond donors (Lipinski definition) is 2. The van der Waals surface area contributed by atoms with Crippen LogP contribution in [-0.2, 0) is 6.54 Å². The first-order valence-corrected chi connectivity index (χ1v) is 9.10. The highest BCUT2D eigenvalue weighted by atomic mass is 127. The van der Waals surface area contributed by atoms with E-state index in [1.54, 1.807) is 12.1 Å². The lowest BCUT2D eigenvalue weighted by atomic mass is 10.2. The number of guanidine groups is 1. The second kappa shape index (κ2) is 9.50. The Morgan fingerprint density at radius 2 is 2.19 bits per heavy atom. The van der Waals surface area contributed by atoms with Gasteiger partial charge in [-0.3, -0.25) is 15.0 Å². The normalized spacial score (nSPS) is 23.4. The van der Waals surface area contributed by atoms with Gasteiger partial charge in [-0.25, -0.2) is 4.99 Å². The summed E-state index contributed by atoms with van der Waals surface area (Å²) in [5, 5.41) is 17.7. The van der Waals surface area contributed by atoms with Crippen molar-refractivity contribution in [2.45, 2.75) is 57.8 Å². The van der Waals surface area contributed by atoms with Gasteiger partial charge in [0, 0.05) is 43.3 Å². The maximum Gasteiger partial charge on any atom is 0.269 e. The molecule has 0 amide bonds. The number of nitrogens with one attached hydrogen (secondary N) is 2. The van der Waals surface area contributed by atoms with Crippen LogP contribution in [0.4, 0.5) is 5.69 Å². The summed E-state index contributed by atoms with van der Waals surface area (Å²) in [7, 11) is 0. The van der Waals surface area contributed by atoms with E-state index in [0.29, 0.717) is 18.6 Å². The first kappa shape index (κ1) is 20.9. The molecule has 2 fully saturated rings. The van der Waals surface area contributed by atoms with E-state index < -0.39 is 0 Å². The zero-order chi connectivity index (χ0) is 17.8. The summed E-state index contributed by atoms with van der Waals surface area (Å²) in [6.45, 7) is 6.61. The van der Waals surface area contributed by atoms with E-state index in [4.69, 9.17) is 0 Å². The van der Waals surface area contributed by atoms with Gasteiger partial charge in [-0.05, 0) is 38.7 Å². The summed E-state index contributed by atoms with van der Waals surface area (Å²) in [4.78, 5) is 17.7. The van der Waals surface area contributed by atoms with E-state index >= 15 is 0 Å². The predicted molar refractivity (Wildman–Crippen MR) is 114 cm³/mol. The van der Waals surface area contributed by atoms with E-state index in [9.17, 15) is 10.1 Å². The lowest BCUT2D eigenvalue weighted by molar-refractivity contribution is -0.384. The van der Waals surface area contributed by atoms with E-state index in [1.807, 2.05) is 13.0 Å². The van der Waals surface area contributed by atoms with Crippen LogP contribution in [0.2, 0.25) is 0 Å². The molecular formula is C18H28IN5O2. The number of hydrogen-bond acceptors (Lipinski definition) is 4. The summed E-state index contributed by atoms with van der Waals surface area (Å²) < 4.78 is 0. The van der Waals surface area contributed by atoms with Crippen LogP contribution in [0, 0.1) is 10.1 Å². The molecule has 2 N–H and O–H groups in total. The van der Waals surface area contributed by atoms with Gasteiger partial charge < -0.3 is 10.6 Å². The number of nitro benzene ring substituents is 1. The molecule has 144 valence electrons. The molecule has 1 saturated carbocycles. The van der Waals surface area contributed by atoms with Crippen molar-refractivity contribution in [2.24, 2.45) is 4.99 Å². The van der Waals surface area contributed by atoms with Crippen molar-refractivity contribution in [1.82, 2.24) is 15.5 Å². The number of rotatable bonds is 6. The number of aliphatic imine (C=N–C) groups is 1. The molecule has 7 nitrogen and oxygen atoms in total. The Labute approximate surface area is 171 Å². The van der Waals surface area contributed by atoms with Crippen LogP contribution < -0.4 is 10.6 Å². The molecule has 1 saturated heterocycles. The molecule has 0 spiro atoms. The SMILES string of the molecule is CCNC(=NCc1cccc([N+](=O)[O-])c1)NC1CC(C)N(C2CC2)C1.I. The smallest absolute Gasteiger partial charge is 0.269 e. The summed E-state index contributed by atoms with van der Waals surface area (Å²) in [5.41, 5.74) is 0.946. The number of non-ortho nitro benzene ring substituents is 1. The summed E-state index contributed by atoms with van der Waals surface area (Å²) in [5.74, 6) is 0.781. The zero-order valence-electron chi connectivity index (χ0n) is 15.4. The lowest BCUT2D eigenvalue weighted by Gasteiger charge is -2.20. The molecule has 26 heavy (non-hydrogen) atoms. The van der Waals surface area contributed by atoms with Crippen LogP contribution >= 0.6 is 24.0 Å². The van der Waals surface area contributed by atoms with Gasteiger partial charge in [0.25, 0.3) is 5.69 Å². The molecule has 2 unspecified atom stereocenters. The summed E-state index contributed by atoms with van der Waals surface area (Å²) in [6, 6.07) is 8.46. The fourth-order valence-electron chi connectivity index (χ4n) is 3.53. The van der Waals surface area contributed by atoms with Crippen molar-refractivity contribution in [3.05, 3.63) is 39.9 Å². The number of likely N-dealkylation sites (tertiary alicyclic amines) is 1. The van der Waals surface area contributed by atoms with Gasteiger partial charge in [-0.1, -0.05) is 12.1 Å². The Morgan fingerprint density at radius 3 is 2.85 bits per heavy atom. The Morgan fingerprint density at radius 1 is 1.42 bits per heavy atom. The molecule has 2 atom stereocenters. The monoisotopic (exact) mass is 473 g/mol. The minimum atomic E-state index is -0.372. The van der Waals surface area contributed by atoms with Crippen molar-refractivity contribution in [3.63, 3.8) is 0 Å². The lowest BCUT2D eigenvalue weighted by Crippen LogP contribution is -2.44. The van der Waals surface area contributed by atoms with Crippen LogP contribution in [0.1, 0.15) is 38.7 Å². The van der Waals surface area contributed by atoms with E-state index in [0.717, 1.165) is 37.1 Å². The highest BCUT2D eigenvalue weighted by Gasteiger charge is 2.38. The number of benzene rings is 1. The average Bonchev–Trinajstić information content (AvgIpc) is 3.37. The highest BCUT2D eigenvalue weighted by Crippen LogP contribution is 2.33. The van der Waals surface area contributed by atoms with Crippen molar-refractivity contribution in [1.29, 1.82) is 0 Å². The second-order valence-corrected chi connectivity index (χ2v) is 6.98. The number of nitro groups is 1. The first-order chi connectivity index (χ1) is 12.1. The predicted octanol–water partition coefficient (Wildman–Crippen LogP) is 2.89. The molecule has 2 aliphatic rings. The molecule has 0 radical (unpaired) electrons. The third kappa shape index (κ3) is 5.54. The Hall–Kier alpha value is -1.42. The molecule has 0 aromatic heterocycles. The quantitative estimate of drug-likeness (QED) is 0.218. The van der Waals surface area contributed by atoms with Crippen LogP contribution in [-0.4, -0.2) is 47.0 Å². The van der Waals surface area contributed by atoms with Gasteiger partial charge in [0.1, 0.15) is 0 Å². The molecular weight excluding hydrogens is 445 g/mol. The summed E-state index contributed by atoms with van der Waals surface area (Å²) >= 11 is 0. The molecule has 1 aromatic rings. The largest absolute Gasteiger partial charge is 0.357 e. The minimum absolute atomic E-state index is 0. The van der Waals surface area contributed by atoms with Gasteiger partial charge >= 0.3 is 0 Å². The van der Waals surface area contributed by atoms with Crippen molar-refractivity contribution >= 4 is 35.6 Å². The molecule has 1 heterocycles. The topological polar surface area (TPSA) is 82.8 Å². The third-order valence-electron chi connectivity index (χ3n) is 4.87. The molecule has 1 aliphatic carbocycles. The van der Waals surface area contributed by atoms with E-state index in [1.165, 1.54) is 18.9 Å². The Kier molecular flexibility index (Phi) is 7.63.